The number of nitrogens with one attached hydrogen (secondary N) is 1. The fraction of sp³-hybridized carbons (Fsp3) is 0.400. The average molecular weight is 275 g/mol. The summed E-state index contributed by atoms with van der Waals surface area (Å²) >= 11 is 1.72. The van der Waals surface area contributed by atoms with Crippen molar-refractivity contribution >= 4 is 27.3 Å². The molecule has 0 spiro atoms. The monoisotopic (exact) mass is 275 g/mol. The Kier molecular flexibility index (Phi) is 3.53. The normalized spacial score (nSPS) is 14.8. The summed E-state index contributed by atoms with van der Waals surface area (Å²) < 4.78 is 1.27. The first kappa shape index (κ1) is 12.6. The fourth-order valence-electron chi connectivity index (χ4n) is 2.07. The molecule has 1 N–H and O–H groups in total. The lowest BCUT2D eigenvalue weighted by molar-refractivity contribution is -0.135. The number of carbonyl (C=O) groups excluding carboxylic acids is 1. The predicted molar refractivity (Wildman–Crippen MR) is 76.9 cm³/mol. The van der Waals surface area contributed by atoms with Crippen molar-refractivity contribution in [2.75, 3.05) is 0 Å². The molecule has 0 bridgehead atoms. The molecule has 4 heteroatoms. The number of amides is 1. The molecule has 1 aliphatic carbocycles. The number of fused-ring (bicyclic) bond motifs is 1. The number of aryl methyl sites for hydroxylation is 1. The highest BCUT2D eigenvalue weighted by atomic mass is 32.1. The number of thiophene rings is 1. The average Bonchev–Trinajstić information content (AvgIpc) is 3.21. The van der Waals surface area contributed by atoms with Gasteiger partial charge >= 0.3 is 0 Å². The van der Waals surface area contributed by atoms with Crippen molar-refractivity contribution in [3.8, 4) is 0 Å². The van der Waals surface area contributed by atoms with E-state index < -0.39 is 0 Å². The fourth-order valence-corrected chi connectivity index (χ4v) is 3.00. The zero-order valence-electron chi connectivity index (χ0n) is 10.9. The van der Waals surface area contributed by atoms with Gasteiger partial charge in [0.2, 0.25) is 5.91 Å². The van der Waals surface area contributed by atoms with Crippen LogP contribution in [0, 0.1) is 5.92 Å². The molecule has 3 nitrogen and oxygen atoms in total. The molecule has 0 radical (unpaired) electrons. The van der Waals surface area contributed by atoms with Crippen molar-refractivity contribution in [3.05, 3.63) is 34.7 Å². The molecule has 1 aromatic heterocycles. The lowest BCUT2D eigenvalue weighted by Gasteiger charge is -2.05. The number of hydrogen-bond acceptors (Lipinski definition) is 3. The highest BCUT2D eigenvalue weighted by molar-refractivity contribution is 7.17. The van der Waals surface area contributed by atoms with Gasteiger partial charge in [0.15, 0.2) is 0 Å². The van der Waals surface area contributed by atoms with Crippen LogP contribution >= 0.6 is 11.3 Å². The van der Waals surface area contributed by atoms with E-state index in [1.807, 2.05) is 0 Å². The number of rotatable bonds is 5. The van der Waals surface area contributed by atoms with E-state index in [-0.39, 0.29) is 11.8 Å². The smallest absolute Gasteiger partial charge is 0.246 e. The molecule has 0 aliphatic heterocycles. The standard InChI is InChI=1S/C15H17NO2S/c1-2-10-3-6-14-13(7-10)12(9-19-14)8-18-16-15(17)11-4-5-11/h3,6-7,9,11H,2,4-5,8H2,1H3,(H,16,17). The minimum absolute atomic E-state index is 0.0220. The van der Waals surface area contributed by atoms with Gasteiger partial charge in [-0.3, -0.25) is 9.63 Å². The summed E-state index contributed by atoms with van der Waals surface area (Å²) in [6.45, 7) is 2.59. The molecular weight excluding hydrogens is 258 g/mol. The summed E-state index contributed by atoms with van der Waals surface area (Å²) in [7, 11) is 0. The van der Waals surface area contributed by atoms with Crippen LogP contribution < -0.4 is 5.48 Å². The highest BCUT2D eigenvalue weighted by Gasteiger charge is 2.29. The summed E-state index contributed by atoms with van der Waals surface area (Å²) in [5.74, 6) is 0.208. The summed E-state index contributed by atoms with van der Waals surface area (Å²) in [6, 6.07) is 6.54. The summed E-state index contributed by atoms with van der Waals surface area (Å²) in [6.07, 6.45) is 3.03. The quantitative estimate of drug-likeness (QED) is 0.849. The van der Waals surface area contributed by atoms with Gasteiger partial charge in [0, 0.05) is 10.6 Å². The Morgan fingerprint density at radius 3 is 3.05 bits per heavy atom. The second-order valence-electron chi connectivity index (χ2n) is 4.97. The lowest BCUT2D eigenvalue weighted by Crippen LogP contribution is -2.24. The van der Waals surface area contributed by atoms with Crippen LogP contribution in [-0.2, 0) is 22.7 Å². The third kappa shape index (κ3) is 2.80. The predicted octanol–water partition coefficient (Wildman–Crippen LogP) is 3.42. The summed E-state index contributed by atoms with van der Waals surface area (Å²) in [5, 5.41) is 3.35. The maximum absolute atomic E-state index is 11.5. The van der Waals surface area contributed by atoms with Crippen LogP contribution in [0.5, 0.6) is 0 Å². The number of hydrogen-bond donors (Lipinski definition) is 1. The Bertz CT molecular complexity index is 601. The minimum Gasteiger partial charge on any atom is -0.273 e. The second kappa shape index (κ2) is 5.31. The Morgan fingerprint density at radius 2 is 2.32 bits per heavy atom. The maximum atomic E-state index is 11.5. The molecule has 1 aromatic carbocycles. The van der Waals surface area contributed by atoms with Crippen LogP contribution in [0.25, 0.3) is 10.1 Å². The molecule has 1 amide bonds. The van der Waals surface area contributed by atoms with E-state index in [0.29, 0.717) is 6.61 Å². The van der Waals surface area contributed by atoms with Crippen LogP contribution in [-0.4, -0.2) is 5.91 Å². The van der Waals surface area contributed by atoms with E-state index in [4.69, 9.17) is 4.84 Å². The molecule has 0 unspecified atom stereocenters. The Hall–Kier alpha value is -1.39. The molecular formula is C15H17NO2S. The van der Waals surface area contributed by atoms with E-state index in [9.17, 15) is 4.79 Å². The van der Waals surface area contributed by atoms with Crippen molar-refractivity contribution in [1.82, 2.24) is 5.48 Å². The molecule has 1 heterocycles. The zero-order valence-corrected chi connectivity index (χ0v) is 11.8. The van der Waals surface area contributed by atoms with Crippen molar-refractivity contribution in [2.24, 2.45) is 5.92 Å². The molecule has 100 valence electrons. The third-order valence-corrected chi connectivity index (χ3v) is 4.49. The molecule has 1 saturated carbocycles. The van der Waals surface area contributed by atoms with Crippen LogP contribution in [0.1, 0.15) is 30.9 Å². The van der Waals surface area contributed by atoms with E-state index in [2.05, 4.69) is 36.0 Å². The van der Waals surface area contributed by atoms with Crippen LogP contribution in [0.15, 0.2) is 23.6 Å². The van der Waals surface area contributed by atoms with Crippen molar-refractivity contribution < 1.29 is 9.63 Å². The van der Waals surface area contributed by atoms with Crippen molar-refractivity contribution in [1.29, 1.82) is 0 Å². The molecule has 1 aliphatic rings. The Balaban J connectivity index is 1.67. The minimum atomic E-state index is 0.0220. The molecule has 1 fully saturated rings. The summed E-state index contributed by atoms with van der Waals surface area (Å²) in [5.41, 5.74) is 5.01. The van der Waals surface area contributed by atoms with Crippen LogP contribution in [0.2, 0.25) is 0 Å². The van der Waals surface area contributed by atoms with E-state index >= 15 is 0 Å². The van der Waals surface area contributed by atoms with E-state index in [1.165, 1.54) is 15.6 Å². The Morgan fingerprint density at radius 1 is 1.47 bits per heavy atom. The van der Waals surface area contributed by atoms with Gasteiger partial charge < -0.3 is 0 Å². The SMILES string of the molecule is CCc1ccc2scc(CONC(=O)C3CC3)c2c1. The van der Waals surface area contributed by atoms with Gasteiger partial charge in [-0.1, -0.05) is 13.0 Å². The van der Waals surface area contributed by atoms with Crippen molar-refractivity contribution in [2.45, 2.75) is 32.8 Å². The van der Waals surface area contributed by atoms with Gasteiger partial charge in [-0.05, 0) is 53.3 Å². The number of carbonyl (C=O) groups is 1. The first-order valence-electron chi connectivity index (χ1n) is 6.68. The molecule has 2 aromatic rings. The number of hydroxylamine groups is 1. The molecule has 19 heavy (non-hydrogen) atoms. The van der Waals surface area contributed by atoms with Gasteiger partial charge in [-0.15, -0.1) is 11.3 Å². The summed E-state index contributed by atoms with van der Waals surface area (Å²) in [4.78, 5) is 16.8. The van der Waals surface area contributed by atoms with Crippen molar-refractivity contribution in [3.63, 3.8) is 0 Å². The van der Waals surface area contributed by atoms with Crippen LogP contribution in [0.3, 0.4) is 0 Å². The first-order chi connectivity index (χ1) is 9.28. The van der Waals surface area contributed by atoms with Gasteiger partial charge in [-0.2, -0.15) is 0 Å². The Labute approximate surface area is 116 Å². The highest BCUT2D eigenvalue weighted by Crippen LogP contribution is 2.29. The largest absolute Gasteiger partial charge is 0.273 e. The topological polar surface area (TPSA) is 38.3 Å². The molecule has 3 rings (SSSR count). The van der Waals surface area contributed by atoms with Gasteiger partial charge in [0.05, 0.1) is 0 Å². The van der Waals surface area contributed by atoms with E-state index in [1.54, 1.807) is 11.3 Å². The second-order valence-corrected chi connectivity index (χ2v) is 5.89. The first-order valence-corrected chi connectivity index (χ1v) is 7.56. The maximum Gasteiger partial charge on any atom is 0.246 e. The van der Waals surface area contributed by atoms with Gasteiger partial charge in [0.25, 0.3) is 0 Å². The van der Waals surface area contributed by atoms with Crippen LogP contribution in [0.4, 0.5) is 0 Å². The van der Waals surface area contributed by atoms with E-state index in [0.717, 1.165) is 24.8 Å². The molecule has 0 atom stereocenters. The molecule has 0 saturated heterocycles. The van der Waals surface area contributed by atoms with Gasteiger partial charge in [0.1, 0.15) is 6.61 Å². The zero-order chi connectivity index (χ0) is 13.2. The number of benzene rings is 1. The van der Waals surface area contributed by atoms with Gasteiger partial charge in [-0.25, -0.2) is 5.48 Å². The third-order valence-electron chi connectivity index (χ3n) is 3.47. The lowest BCUT2D eigenvalue weighted by atomic mass is 10.1.